The number of halogens is 2. The number of hydrogen-bond donors (Lipinski definition) is 2. The first-order valence-corrected chi connectivity index (χ1v) is 9.46. The number of amides is 1. The average Bonchev–Trinajstić information content (AvgIpc) is 2.57. The molecule has 1 aromatic carbocycles. The third-order valence-electron chi connectivity index (χ3n) is 4.38. The molecule has 0 saturated carbocycles. The van der Waals surface area contributed by atoms with Crippen LogP contribution in [0.25, 0.3) is 0 Å². The van der Waals surface area contributed by atoms with Crippen LogP contribution in [-0.4, -0.2) is 44.7 Å². The van der Waals surface area contributed by atoms with E-state index in [1.165, 1.54) is 0 Å². The van der Waals surface area contributed by atoms with Crippen molar-refractivity contribution in [3.05, 3.63) is 33.8 Å². The van der Waals surface area contributed by atoms with Crippen LogP contribution in [0.15, 0.2) is 18.2 Å². The van der Waals surface area contributed by atoms with Crippen LogP contribution in [0.3, 0.4) is 0 Å². The molecule has 1 amide bonds. The van der Waals surface area contributed by atoms with E-state index in [1.807, 2.05) is 13.0 Å². The number of carbonyl (C=O) groups is 2. The van der Waals surface area contributed by atoms with Gasteiger partial charge >= 0.3 is 5.97 Å². The number of piperidine rings is 1. The predicted octanol–water partition coefficient (Wildman–Crippen LogP) is 1.51. The molecule has 0 aromatic heterocycles. The van der Waals surface area contributed by atoms with Crippen molar-refractivity contribution in [1.82, 2.24) is 5.32 Å². The SMILES string of the molecule is CCOC(=O)[C@H]1CCC[NH+](CC(=O)NCCc2ccc(Cl)cc2Cl)C1. The normalized spacial score (nSPS) is 20.1. The largest absolute Gasteiger partial charge is 0.466 e. The highest BCUT2D eigenvalue weighted by molar-refractivity contribution is 6.35. The molecule has 0 radical (unpaired) electrons. The summed E-state index contributed by atoms with van der Waals surface area (Å²) in [6.07, 6.45) is 2.44. The number of quaternary nitrogens is 1. The van der Waals surface area contributed by atoms with Crippen LogP contribution in [0, 0.1) is 5.92 Å². The van der Waals surface area contributed by atoms with E-state index < -0.39 is 0 Å². The molecule has 1 heterocycles. The lowest BCUT2D eigenvalue weighted by Gasteiger charge is -2.28. The molecule has 0 spiro atoms. The lowest BCUT2D eigenvalue weighted by Crippen LogP contribution is -3.14. The third kappa shape index (κ3) is 6.49. The summed E-state index contributed by atoms with van der Waals surface area (Å²) in [6, 6.07) is 5.36. The van der Waals surface area contributed by atoms with E-state index >= 15 is 0 Å². The fourth-order valence-corrected chi connectivity index (χ4v) is 3.63. The Labute approximate surface area is 158 Å². The van der Waals surface area contributed by atoms with Crippen molar-refractivity contribution < 1.29 is 19.2 Å². The summed E-state index contributed by atoms with van der Waals surface area (Å²) in [4.78, 5) is 25.1. The minimum absolute atomic E-state index is 0.00963. The average molecular weight is 388 g/mol. The van der Waals surface area contributed by atoms with E-state index in [0.29, 0.717) is 42.7 Å². The third-order valence-corrected chi connectivity index (χ3v) is 4.97. The van der Waals surface area contributed by atoms with Gasteiger partial charge in [-0.05, 0) is 43.9 Å². The molecule has 0 bridgehead atoms. The van der Waals surface area contributed by atoms with Gasteiger partial charge < -0.3 is 15.0 Å². The van der Waals surface area contributed by atoms with Gasteiger partial charge in [-0.3, -0.25) is 9.59 Å². The molecule has 2 atom stereocenters. The molecule has 7 heteroatoms. The van der Waals surface area contributed by atoms with Crippen LogP contribution >= 0.6 is 23.2 Å². The first-order chi connectivity index (χ1) is 12.0. The van der Waals surface area contributed by atoms with Crippen molar-refractivity contribution in [3.63, 3.8) is 0 Å². The van der Waals surface area contributed by atoms with Gasteiger partial charge in [0, 0.05) is 16.6 Å². The molecule has 5 nitrogen and oxygen atoms in total. The first-order valence-electron chi connectivity index (χ1n) is 8.70. The number of carbonyl (C=O) groups excluding carboxylic acids is 2. The molecular weight excluding hydrogens is 363 g/mol. The standard InChI is InChI=1S/C18H24Cl2N2O3/c1-2-25-18(24)14-4-3-9-22(11-14)12-17(23)21-8-7-13-5-6-15(19)10-16(13)20/h5-6,10,14H,2-4,7-9,11-12H2,1H3,(H,21,23)/p+1/t14-/m0/s1. The summed E-state index contributed by atoms with van der Waals surface area (Å²) < 4.78 is 5.09. The smallest absolute Gasteiger partial charge is 0.314 e. The fraction of sp³-hybridized carbons (Fsp3) is 0.556. The molecule has 1 fully saturated rings. The number of esters is 1. The maximum atomic E-state index is 12.1. The lowest BCUT2D eigenvalue weighted by atomic mass is 9.98. The van der Waals surface area contributed by atoms with Crippen LogP contribution in [0.5, 0.6) is 0 Å². The van der Waals surface area contributed by atoms with Crippen molar-refractivity contribution in [2.75, 3.05) is 32.8 Å². The number of benzene rings is 1. The molecule has 2 N–H and O–H groups in total. The lowest BCUT2D eigenvalue weighted by molar-refractivity contribution is -0.899. The molecule has 1 unspecified atom stereocenters. The fourth-order valence-electron chi connectivity index (χ4n) is 3.12. The predicted molar refractivity (Wildman–Crippen MR) is 98.1 cm³/mol. The quantitative estimate of drug-likeness (QED) is 0.697. The van der Waals surface area contributed by atoms with Crippen molar-refractivity contribution in [1.29, 1.82) is 0 Å². The summed E-state index contributed by atoms with van der Waals surface area (Å²) in [6.45, 7) is 4.69. The molecule has 1 aromatic rings. The Bertz CT molecular complexity index is 610. The highest BCUT2D eigenvalue weighted by atomic mass is 35.5. The molecule has 1 aliphatic rings. The molecule has 138 valence electrons. The van der Waals surface area contributed by atoms with E-state index in [4.69, 9.17) is 27.9 Å². The van der Waals surface area contributed by atoms with Gasteiger partial charge in [-0.2, -0.15) is 0 Å². The first kappa shape index (κ1) is 20.0. The van der Waals surface area contributed by atoms with Crippen LogP contribution in [0.2, 0.25) is 10.0 Å². The summed E-state index contributed by atoms with van der Waals surface area (Å²) in [5.74, 6) is -0.244. The summed E-state index contributed by atoms with van der Waals surface area (Å²) >= 11 is 12.0. The Morgan fingerprint density at radius 2 is 2.16 bits per heavy atom. The zero-order valence-corrected chi connectivity index (χ0v) is 16.0. The molecule has 1 aliphatic heterocycles. The van der Waals surface area contributed by atoms with Crippen LogP contribution in [0.4, 0.5) is 0 Å². The number of hydrogen-bond acceptors (Lipinski definition) is 3. The number of rotatable bonds is 7. The van der Waals surface area contributed by atoms with Gasteiger partial charge in [0.2, 0.25) is 0 Å². The second-order valence-electron chi connectivity index (χ2n) is 6.31. The van der Waals surface area contributed by atoms with Crippen LogP contribution in [-0.2, 0) is 20.7 Å². The van der Waals surface area contributed by atoms with Gasteiger partial charge in [0.05, 0.1) is 19.7 Å². The van der Waals surface area contributed by atoms with E-state index in [9.17, 15) is 9.59 Å². The molecule has 25 heavy (non-hydrogen) atoms. The topological polar surface area (TPSA) is 59.8 Å². The number of nitrogens with one attached hydrogen (secondary N) is 2. The second kappa shape index (κ2) is 10.00. The Morgan fingerprint density at radius 3 is 2.88 bits per heavy atom. The molecule has 2 rings (SSSR count). The van der Waals surface area contributed by atoms with Gasteiger partial charge in [-0.25, -0.2) is 0 Å². The second-order valence-corrected chi connectivity index (χ2v) is 7.15. The van der Waals surface area contributed by atoms with Gasteiger partial charge in [0.1, 0.15) is 5.92 Å². The van der Waals surface area contributed by atoms with E-state index in [-0.39, 0.29) is 17.8 Å². The highest BCUT2D eigenvalue weighted by Crippen LogP contribution is 2.21. The minimum Gasteiger partial charge on any atom is -0.466 e. The zero-order valence-electron chi connectivity index (χ0n) is 14.4. The van der Waals surface area contributed by atoms with E-state index in [0.717, 1.165) is 29.8 Å². The maximum Gasteiger partial charge on any atom is 0.314 e. The highest BCUT2D eigenvalue weighted by Gasteiger charge is 2.30. The van der Waals surface area contributed by atoms with Gasteiger partial charge in [-0.15, -0.1) is 0 Å². The molecule has 1 saturated heterocycles. The number of likely N-dealkylation sites (tertiary alicyclic amines) is 1. The van der Waals surface area contributed by atoms with Crippen molar-refractivity contribution >= 4 is 35.1 Å². The minimum atomic E-state index is -0.141. The molecular formula is C18H25Cl2N2O3+. The van der Waals surface area contributed by atoms with Gasteiger partial charge in [0.15, 0.2) is 6.54 Å². The molecule has 0 aliphatic carbocycles. The Morgan fingerprint density at radius 1 is 1.36 bits per heavy atom. The van der Waals surface area contributed by atoms with Crippen molar-refractivity contribution in [2.45, 2.75) is 26.2 Å². The van der Waals surface area contributed by atoms with E-state index in [2.05, 4.69) is 5.32 Å². The zero-order chi connectivity index (χ0) is 18.2. The van der Waals surface area contributed by atoms with Crippen molar-refractivity contribution in [3.8, 4) is 0 Å². The summed E-state index contributed by atoms with van der Waals surface area (Å²) in [7, 11) is 0. The van der Waals surface area contributed by atoms with Gasteiger partial charge in [0.25, 0.3) is 5.91 Å². The van der Waals surface area contributed by atoms with E-state index in [1.54, 1.807) is 12.1 Å². The monoisotopic (exact) mass is 387 g/mol. The summed E-state index contributed by atoms with van der Waals surface area (Å²) in [5, 5.41) is 4.13. The maximum absolute atomic E-state index is 12.1. The van der Waals surface area contributed by atoms with Crippen LogP contribution in [0.1, 0.15) is 25.3 Å². The Hall–Kier alpha value is -1.30. The Balaban J connectivity index is 1.73. The van der Waals surface area contributed by atoms with Crippen LogP contribution < -0.4 is 10.2 Å². The Kier molecular flexibility index (Phi) is 8.00. The van der Waals surface area contributed by atoms with Gasteiger partial charge in [-0.1, -0.05) is 29.3 Å². The number of ether oxygens (including phenoxy) is 1. The summed E-state index contributed by atoms with van der Waals surface area (Å²) in [5.41, 5.74) is 0.957. The van der Waals surface area contributed by atoms with Crippen molar-refractivity contribution in [2.24, 2.45) is 5.92 Å².